The number of primary amides is 1. The molecule has 0 saturated carbocycles. The topological polar surface area (TPSA) is 110 Å². The standard InChI is InChI=1S/C18H20N6O3/c19-14(25)11-24-12-23(10-13-4-2-1-3-5-13)15-16(24)20-18(21-17(15)26)22-6-8-27-9-7-22/h1-5,12H,6-11H2,(H2-,19,20,21,25,26)/p+1. The minimum Gasteiger partial charge on any atom is -0.378 e. The van der Waals surface area contributed by atoms with E-state index >= 15 is 0 Å². The van der Waals surface area contributed by atoms with Gasteiger partial charge in [-0.15, -0.1) is 0 Å². The van der Waals surface area contributed by atoms with Gasteiger partial charge in [0.25, 0.3) is 17.4 Å². The van der Waals surface area contributed by atoms with Gasteiger partial charge in [-0.1, -0.05) is 35.3 Å². The molecule has 9 heteroatoms. The molecule has 3 heterocycles. The van der Waals surface area contributed by atoms with Crippen LogP contribution in [0, 0.1) is 0 Å². The van der Waals surface area contributed by atoms with E-state index in [9.17, 15) is 9.59 Å². The van der Waals surface area contributed by atoms with Crippen LogP contribution in [0.3, 0.4) is 0 Å². The van der Waals surface area contributed by atoms with E-state index in [1.54, 1.807) is 15.5 Å². The summed E-state index contributed by atoms with van der Waals surface area (Å²) in [5, 5.41) is 0. The van der Waals surface area contributed by atoms with Crippen LogP contribution < -0.4 is 20.8 Å². The predicted molar refractivity (Wildman–Crippen MR) is 98.3 cm³/mol. The van der Waals surface area contributed by atoms with Crippen LogP contribution in [0.5, 0.6) is 0 Å². The number of fused-ring (bicyclic) bond motifs is 1. The summed E-state index contributed by atoms with van der Waals surface area (Å²) in [5.41, 5.74) is 7.03. The quantitative estimate of drug-likeness (QED) is 0.583. The van der Waals surface area contributed by atoms with E-state index in [2.05, 4.69) is 9.97 Å². The van der Waals surface area contributed by atoms with Crippen molar-refractivity contribution in [2.45, 2.75) is 13.1 Å². The number of H-pyrrole nitrogens is 1. The van der Waals surface area contributed by atoms with Gasteiger partial charge in [-0.2, -0.15) is 0 Å². The van der Waals surface area contributed by atoms with Gasteiger partial charge in [0.2, 0.25) is 5.52 Å². The van der Waals surface area contributed by atoms with E-state index in [4.69, 9.17) is 10.5 Å². The van der Waals surface area contributed by atoms with Gasteiger partial charge in [-0.05, 0) is 5.56 Å². The van der Waals surface area contributed by atoms with Crippen molar-refractivity contribution in [2.24, 2.45) is 5.73 Å². The number of carbonyl (C=O) groups excluding carboxylic acids is 1. The molecule has 0 unspecified atom stereocenters. The Bertz CT molecular complexity index is 1020. The number of ether oxygens (including phenoxy) is 1. The van der Waals surface area contributed by atoms with Crippen LogP contribution in [0.25, 0.3) is 11.2 Å². The zero-order valence-corrected chi connectivity index (χ0v) is 14.8. The first kappa shape index (κ1) is 17.2. The number of rotatable bonds is 5. The van der Waals surface area contributed by atoms with Crippen molar-refractivity contribution in [3.8, 4) is 0 Å². The number of hydrogen-bond acceptors (Lipinski definition) is 5. The molecule has 0 spiro atoms. The first-order valence-electron chi connectivity index (χ1n) is 8.79. The van der Waals surface area contributed by atoms with Gasteiger partial charge in [-0.25, -0.2) is 4.57 Å². The van der Waals surface area contributed by atoms with Crippen LogP contribution in [0.4, 0.5) is 5.95 Å². The number of imidazole rings is 1. The second-order valence-corrected chi connectivity index (χ2v) is 6.48. The fourth-order valence-electron chi connectivity index (χ4n) is 3.29. The molecule has 27 heavy (non-hydrogen) atoms. The maximum atomic E-state index is 12.8. The van der Waals surface area contributed by atoms with E-state index in [-0.39, 0.29) is 12.1 Å². The predicted octanol–water partition coefficient (Wildman–Crippen LogP) is -0.618. The molecule has 1 amide bonds. The van der Waals surface area contributed by atoms with Crippen molar-refractivity contribution in [3.05, 3.63) is 52.6 Å². The SMILES string of the molecule is NC(=O)C[n+]1cn(Cc2ccccc2)c2c(=O)[nH]c(N3CCOCC3)nc21. The van der Waals surface area contributed by atoms with E-state index in [1.807, 2.05) is 35.2 Å². The Hall–Kier alpha value is -3.20. The molecule has 4 rings (SSSR count). The Balaban J connectivity index is 1.82. The molecule has 1 saturated heterocycles. The minimum absolute atomic E-state index is 0.0444. The molecule has 9 nitrogen and oxygen atoms in total. The Labute approximate surface area is 155 Å². The van der Waals surface area contributed by atoms with Gasteiger partial charge >= 0.3 is 5.65 Å². The highest BCUT2D eigenvalue weighted by molar-refractivity contribution is 5.73. The highest BCUT2D eigenvalue weighted by Crippen LogP contribution is 2.13. The average molecular weight is 369 g/mol. The number of aromatic nitrogens is 4. The van der Waals surface area contributed by atoms with E-state index in [0.717, 1.165) is 5.56 Å². The van der Waals surface area contributed by atoms with Crippen molar-refractivity contribution in [1.29, 1.82) is 0 Å². The summed E-state index contributed by atoms with van der Waals surface area (Å²) in [6.07, 6.45) is 1.72. The normalized spacial score (nSPS) is 14.6. The summed E-state index contributed by atoms with van der Waals surface area (Å²) >= 11 is 0. The van der Waals surface area contributed by atoms with Crippen molar-refractivity contribution in [1.82, 2.24) is 14.5 Å². The second-order valence-electron chi connectivity index (χ2n) is 6.48. The number of aromatic amines is 1. The first-order valence-corrected chi connectivity index (χ1v) is 8.79. The smallest absolute Gasteiger partial charge is 0.312 e. The number of morpholine rings is 1. The molecule has 1 aliphatic rings. The Morgan fingerprint density at radius 1 is 1.26 bits per heavy atom. The third kappa shape index (κ3) is 3.54. The number of hydrogen-bond donors (Lipinski definition) is 2. The third-order valence-corrected chi connectivity index (χ3v) is 4.53. The number of nitrogens with two attached hydrogens (primary N) is 1. The highest BCUT2D eigenvalue weighted by Gasteiger charge is 2.25. The second kappa shape index (κ2) is 7.20. The lowest BCUT2D eigenvalue weighted by Crippen LogP contribution is -2.42. The minimum atomic E-state index is -0.492. The van der Waals surface area contributed by atoms with E-state index in [1.165, 1.54) is 0 Å². The molecule has 2 aromatic heterocycles. The maximum absolute atomic E-state index is 12.8. The summed E-state index contributed by atoms with van der Waals surface area (Å²) in [6, 6.07) is 9.78. The highest BCUT2D eigenvalue weighted by atomic mass is 16.5. The number of amides is 1. The largest absolute Gasteiger partial charge is 0.378 e. The fourth-order valence-corrected chi connectivity index (χ4v) is 3.29. The molecule has 1 aliphatic heterocycles. The third-order valence-electron chi connectivity index (χ3n) is 4.53. The molecule has 1 aromatic carbocycles. The number of nitrogens with zero attached hydrogens (tertiary/aromatic N) is 4. The Morgan fingerprint density at radius 2 is 2.00 bits per heavy atom. The zero-order chi connectivity index (χ0) is 18.8. The fraction of sp³-hybridized carbons (Fsp3) is 0.333. The molecule has 3 N–H and O–H groups in total. The lowest BCUT2D eigenvalue weighted by Gasteiger charge is -2.25. The van der Waals surface area contributed by atoms with Crippen molar-refractivity contribution in [3.63, 3.8) is 0 Å². The van der Waals surface area contributed by atoms with Gasteiger partial charge in [0, 0.05) is 13.1 Å². The molecular weight excluding hydrogens is 348 g/mol. The molecule has 0 atom stereocenters. The van der Waals surface area contributed by atoms with Gasteiger partial charge in [-0.3, -0.25) is 19.1 Å². The molecule has 1 fully saturated rings. The molecule has 0 radical (unpaired) electrons. The molecule has 0 aliphatic carbocycles. The van der Waals surface area contributed by atoms with Crippen LogP contribution in [-0.2, 0) is 22.6 Å². The van der Waals surface area contributed by atoms with Crippen LogP contribution in [0.2, 0.25) is 0 Å². The lowest BCUT2D eigenvalue weighted by atomic mass is 10.2. The molecule has 3 aromatic rings. The van der Waals surface area contributed by atoms with Crippen molar-refractivity contribution >= 4 is 23.0 Å². The molecule has 0 bridgehead atoms. The van der Waals surface area contributed by atoms with Gasteiger partial charge in [0.1, 0.15) is 6.54 Å². The zero-order valence-electron chi connectivity index (χ0n) is 14.8. The summed E-state index contributed by atoms with van der Waals surface area (Å²) in [4.78, 5) is 33.8. The number of benzene rings is 1. The summed E-state index contributed by atoms with van der Waals surface area (Å²) < 4.78 is 8.77. The number of carbonyl (C=O) groups is 1. The van der Waals surface area contributed by atoms with Crippen LogP contribution in [-0.4, -0.2) is 46.7 Å². The summed E-state index contributed by atoms with van der Waals surface area (Å²) in [7, 11) is 0. The number of anilines is 1. The monoisotopic (exact) mass is 369 g/mol. The van der Waals surface area contributed by atoms with Crippen LogP contribution >= 0.6 is 0 Å². The van der Waals surface area contributed by atoms with Gasteiger partial charge in [0.15, 0.2) is 6.33 Å². The summed E-state index contributed by atoms with van der Waals surface area (Å²) in [6.45, 7) is 2.90. The Kier molecular flexibility index (Phi) is 4.59. The number of nitrogens with one attached hydrogen (secondary N) is 1. The van der Waals surface area contributed by atoms with E-state index in [0.29, 0.717) is 50.0 Å². The first-order chi connectivity index (χ1) is 13.1. The van der Waals surface area contributed by atoms with Crippen molar-refractivity contribution < 1.29 is 14.1 Å². The average Bonchev–Trinajstić information content (AvgIpc) is 3.00. The lowest BCUT2D eigenvalue weighted by molar-refractivity contribution is -0.660. The van der Waals surface area contributed by atoms with Gasteiger partial charge < -0.3 is 15.4 Å². The molecular formula is C18H21N6O3+. The van der Waals surface area contributed by atoms with Crippen LogP contribution in [0.1, 0.15) is 5.56 Å². The maximum Gasteiger partial charge on any atom is 0.312 e. The molecule has 140 valence electrons. The summed E-state index contributed by atoms with van der Waals surface area (Å²) in [5.74, 6) is -0.0137. The Morgan fingerprint density at radius 3 is 2.70 bits per heavy atom. The van der Waals surface area contributed by atoms with Crippen LogP contribution in [0.15, 0.2) is 41.5 Å². The van der Waals surface area contributed by atoms with Crippen molar-refractivity contribution in [2.75, 3.05) is 31.2 Å². The van der Waals surface area contributed by atoms with Gasteiger partial charge in [0.05, 0.1) is 19.8 Å². The van der Waals surface area contributed by atoms with E-state index < -0.39 is 5.91 Å².